The van der Waals surface area contributed by atoms with Crippen molar-refractivity contribution >= 4 is 0 Å². The highest BCUT2D eigenvalue weighted by atomic mass is 16.5. The Bertz CT molecular complexity index is 325. The Balaban J connectivity index is 1.55. The van der Waals surface area contributed by atoms with Gasteiger partial charge in [0.1, 0.15) is 0 Å². The van der Waals surface area contributed by atoms with Crippen LogP contribution < -0.4 is 10.6 Å². The van der Waals surface area contributed by atoms with Gasteiger partial charge in [-0.1, -0.05) is 20.3 Å². The topological polar surface area (TPSA) is 33.3 Å². The Morgan fingerprint density at radius 3 is 2.70 bits per heavy atom. The summed E-state index contributed by atoms with van der Waals surface area (Å²) in [5.74, 6) is 0.861. The summed E-state index contributed by atoms with van der Waals surface area (Å²) < 4.78 is 5.86. The van der Waals surface area contributed by atoms with Gasteiger partial charge in [0, 0.05) is 30.1 Å². The smallest absolute Gasteiger partial charge is 0.0655 e. The lowest BCUT2D eigenvalue weighted by Crippen LogP contribution is -2.63. The van der Waals surface area contributed by atoms with Gasteiger partial charge in [0.05, 0.1) is 6.10 Å². The van der Waals surface area contributed by atoms with Gasteiger partial charge in [0.25, 0.3) is 0 Å². The van der Waals surface area contributed by atoms with Crippen LogP contribution in [0.2, 0.25) is 0 Å². The summed E-state index contributed by atoms with van der Waals surface area (Å²) >= 11 is 0. The number of hydrogen-bond donors (Lipinski definition) is 2. The molecule has 0 amide bonds. The molecule has 20 heavy (non-hydrogen) atoms. The molecule has 2 saturated carbocycles. The minimum absolute atomic E-state index is 0.298. The van der Waals surface area contributed by atoms with E-state index in [1.54, 1.807) is 0 Å². The third-order valence-corrected chi connectivity index (χ3v) is 6.15. The van der Waals surface area contributed by atoms with E-state index in [0.717, 1.165) is 24.6 Å². The van der Waals surface area contributed by atoms with E-state index in [1.165, 1.54) is 45.1 Å². The van der Waals surface area contributed by atoms with Crippen LogP contribution in [0.5, 0.6) is 0 Å². The Kier molecular flexibility index (Phi) is 4.40. The summed E-state index contributed by atoms with van der Waals surface area (Å²) in [7, 11) is 0. The van der Waals surface area contributed by atoms with Crippen molar-refractivity contribution in [2.24, 2.45) is 11.3 Å². The van der Waals surface area contributed by atoms with E-state index < -0.39 is 0 Å². The van der Waals surface area contributed by atoms with Gasteiger partial charge in [0.2, 0.25) is 0 Å². The van der Waals surface area contributed by atoms with Gasteiger partial charge in [0.15, 0.2) is 0 Å². The quantitative estimate of drug-likeness (QED) is 0.812. The lowest BCUT2D eigenvalue weighted by molar-refractivity contribution is -0.117. The van der Waals surface area contributed by atoms with Crippen LogP contribution in [0.1, 0.15) is 59.3 Å². The Hall–Kier alpha value is -0.120. The van der Waals surface area contributed by atoms with Crippen molar-refractivity contribution in [3.63, 3.8) is 0 Å². The van der Waals surface area contributed by atoms with E-state index in [4.69, 9.17) is 4.74 Å². The molecule has 1 aliphatic heterocycles. The highest BCUT2D eigenvalue weighted by molar-refractivity contribution is 5.05. The summed E-state index contributed by atoms with van der Waals surface area (Å²) in [6.07, 6.45) is 8.60. The van der Waals surface area contributed by atoms with Gasteiger partial charge < -0.3 is 15.4 Å². The molecule has 5 atom stereocenters. The van der Waals surface area contributed by atoms with E-state index >= 15 is 0 Å². The molecule has 3 heteroatoms. The van der Waals surface area contributed by atoms with Gasteiger partial charge in [-0.2, -0.15) is 0 Å². The second-order valence-corrected chi connectivity index (χ2v) is 7.62. The molecule has 2 N–H and O–H groups in total. The van der Waals surface area contributed by atoms with Crippen molar-refractivity contribution < 1.29 is 4.74 Å². The van der Waals surface area contributed by atoms with E-state index in [1.807, 2.05) is 0 Å². The number of nitrogens with one attached hydrogen (secondary N) is 2. The van der Waals surface area contributed by atoms with Crippen LogP contribution in [0.25, 0.3) is 0 Å². The van der Waals surface area contributed by atoms with E-state index in [-0.39, 0.29) is 0 Å². The molecule has 3 aliphatic rings. The van der Waals surface area contributed by atoms with Crippen LogP contribution in [0, 0.1) is 11.3 Å². The highest BCUT2D eigenvalue weighted by Gasteiger charge is 2.50. The lowest BCUT2D eigenvalue weighted by atomic mass is 9.64. The molecule has 3 rings (SSSR count). The average Bonchev–Trinajstić information content (AvgIpc) is 3.08. The maximum absolute atomic E-state index is 5.86. The fourth-order valence-corrected chi connectivity index (χ4v) is 4.66. The van der Waals surface area contributed by atoms with Crippen molar-refractivity contribution in [1.29, 1.82) is 0 Å². The molecule has 0 aromatic carbocycles. The van der Waals surface area contributed by atoms with Crippen LogP contribution >= 0.6 is 0 Å². The molecule has 3 fully saturated rings. The van der Waals surface area contributed by atoms with Gasteiger partial charge in [-0.3, -0.25) is 0 Å². The second kappa shape index (κ2) is 5.94. The Morgan fingerprint density at radius 2 is 2.05 bits per heavy atom. The zero-order valence-corrected chi connectivity index (χ0v) is 13.5. The number of hydrogen-bond acceptors (Lipinski definition) is 3. The summed E-state index contributed by atoms with van der Waals surface area (Å²) in [6.45, 7) is 8.92. The molecule has 116 valence electrons. The first kappa shape index (κ1) is 14.8. The fourth-order valence-electron chi connectivity index (χ4n) is 4.66. The maximum atomic E-state index is 5.86. The molecular weight excluding hydrogens is 248 g/mol. The fraction of sp³-hybridized carbons (Fsp3) is 1.00. The zero-order chi connectivity index (χ0) is 14.2. The van der Waals surface area contributed by atoms with Crippen molar-refractivity contribution in [3.8, 4) is 0 Å². The monoisotopic (exact) mass is 280 g/mol. The lowest BCUT2D eigenvalue weighted by Gasteiger charge is -2.53. The minimum atomic E-state index is 0.298. The largest absolute Gasteiger partial charge is 0.378 e. The normalized spacial score (nSPS) is 43.6. The zero-order valence-electron chi connectivity index (χ0n) is 13.5. The Labute approximate surface area is 124 Å². The first-order valence-electron chi connectivity index (χ1n) is 8.74. The van der Waals surface area contributed by atoms with Crippen LogP contribution in [-0.2, 0) is 4.74 Å². The molecule has 0 aromatic heterocycles. The standard InChI is InChI=1S/C17H32N2O/c1-4-20-16-11-15(17(16,2)3)19-14-8-5-7-12(14)13-9-6-10-18-13/h12-16,18-19H,4-11H2,1-3H3. The Morgan fingerprint density at radius 1 is 1.20 bits per heavy atom. The minimum Gasteiger partial charge on any atom is -0.378 e. The average molecular weight is 280 g/mol. The van der Waals surface area contributed by atoms with Crippen molar-refractivity contribution in [3.05, 3.63) is 0 Å². The first-order chi connectivity index (χ1) is 9.63. The molecule has 0 spiro atoms. The third kappa shape index (κ3) is 2.65. The van der Waals surface area contributed by atoms with Gasteiger partial charge in [-0.05, 0) is 51.5 Å². The van der Waals surface area contributed by atoms with Crippen molar-refractivity contribution in [1.82, 2.24) is 10.6 Å². The van der Waals surface area contributed by atoms with Crippen LogP contribution in [0.4, 0.5) is 0 Å². The number of rotatable bonds is 5. The van der Waals surface area contributed by atoms with Crippen LogP contribution in [0.15, 0.2) is 0 Å². The molecule has 0 aromatic rings. The molecule has 2 aliphatic carbocycles. The maximum Gasteiger partial charge on any atom is 0.0655 e. The van der Waals surface area contributed by atoms with E-state index in [9.17, 15) is 0 Å². The summed E-state index contributed by atoms with van der Waals surface area (Å²) in [4.78, 5) is 0. The highest BCUT2D eigenvalue weighted by Crippen LogP contribution is 2.44. The van der Waals surface area contributed by atoms with Crippen LogP contribution in [-0.4, -0.2) is 37.4 Å². The van der Waals surface area contributed by atoms with Gasteiger partial charge in [-0.25, -0.2) is 0 Å². The van der Waals surface area contributed by atoms with Gasteiger partial charge in [-0.15, -0.1) is 0 Å². The van der Waals surface area contributed by atoms with Crippen molar-refractivity contribution in [2.75, 3.05) is 13.2 Å². The van der Waals surface area contributed by atoms with E-state index in [2.05, 4.69) is 31.4 Å². The summed E-state index contributed by atoms with van der Waals surface area (Å²) in [5, 5.41) is 7.72. The van der Waals surface area contributed by atoms with Gasteiger partial charge >= 0.3 is 0 Å². The molecular formula is C17H32N2O. The summed E-state index contributed by atoms with van der Waals surface area (Å²) in [6, 6.07) is 2.16. The van der Waals surface area contributed by atoms with Crippen molar-refractivity contribution in [2.45, 2.75) is 83.5 Å². The first-order valence-corrected chi connectivity index (χ1v) is 8.74. The SMILES string of the molecule is CCOC1CC(NC2CCCC2C2CCCN2)C1(C)C. The second-order valence-electron chi connectivity index (χ2n) is 7.62. The van der Waals surface area contributed by atoms with E-state index in [0.29, 0.717) is 17.6 Å². The number of ether oxygens (including phenoxy) is 1. The molecule has 3 nitrogen and oxygen atoms in total. The third-order valence-electron chi connectivity index (χ3n) is 6.15. The predicted molar refractivity (Wildman–Crippen MR) is 82.9 cm³/mol. The van der Waals surface area contributed by atoms with Crippen LogP contribution in [0.3, 0.4) is 0 Å². The molecule has 5 unspecified atom stereocenters. The molecule has 0 bridgehead atoms. The molecule has 1 heterocycles. The molecule has 1 saturated heterocycles. The summed E-state index contributed by atoms with van der Waals surface area (Å²) in [5.41, 5.74) is 0.298. The predicted octanol–water partition coefficient (Wildman–Crippen LogP) is 2.70. The molecule has 0 radical (unpaired) electrons.